The highest BCUT2D eigenvalue weighted by Gasteiger charge is 2.04. The van der Waals surface area contributed by atoms with E-state index in [1.807, 2.05) is 6.07 Å². The lowest BCUT2D eigenvalue weighted by molar-refractivity contribution is 0.295. The highest BCUT2D eigenvalue weighted by molar-refractivity contribution is 5.40. The Bertz CT molecular complexity index is 295. The van der Waals surface area contributed by atoms with E-state index in [1.165, 1.54) is 6.07 Å². The average molecular weight is 195 g/mol. The van der Waals surface area contributed by atoms with E-state index in [4.69, 9.17) is 5.11 Å². The Morgan fingerprint density at radius 2 is 1.71 bits per heavy atom. The van der Waals surface area contributed by atoms with Gasteiger partial charge in [-0.2, -0.15) is 0 Å². The molecule has 0 spiro atoms. The Hall–Kier alpha value is -1.22. The molecular weight excluding hydrogens is 178 g/mol. The van der Waals surface area contributed by atoms with Gasteiger partial charge in [0.2, 0.25) is 0 Å². The molecule has 0 radical (unpaired) electrons. The smallest absolute Gasteiger partial charge is 0.157 e. The number of aromatic hydroxyl groups is 2. The number of hydrogen-bond acceptors (Lipinski definition) is 3. The van der Waals surface area contributed by atoms with E-state index < -0.39 is 0 Å². The molecule has 0 saturated heterocycles. The fourth-order valence-corrected chi connectivity index (χ4v) is 1.37. The minimum absolute atomic E-state index is 0.0466. The van der Waals surface area contributed by atoms with Crippen LogP contribution in [0.3, 0.4) is 0 Å². The summed E-state index contributed by atoms with van der Waals surface area (Å²) in [5.41, 5.74) is 1.02. The molecule has 1 aromatic rings. The molecule has 0 bridgehead atoms. The molecule has 2 N–H and O–H groups in total. The number of benzene rings is 1. The fraction of sp³-hybridized carbons (Fsp3) is 0.455. The van der Waals surface area contributed by atoms with Crippen molar-refractivity contribution < 1.29 is 10.2 Å². The number of hydrogen-bond donors (Lipinski definition) is 2. The van der Waals surface area contributed by atoms with E-state index in [0.717, 1.165) is 25.2 Å². The summed E-state index contributed by atoms with van der Waals surface area (Å²) in [6.45, 7) is 6.98. The second kappa shape index (κ2) is 4.86. The minimum Gasteiger partial charge on any atom is -0.504 e. The van der Waals surface area contributed by atoms with Gasteiger partial charge in [0.1, 0.15) is 0 Å². The van der Waals surface area contributed by atoms with Crippen molar-refractivity contribution in [2.24, 2.45) is 0 Å². The Morgan fingerprint density at radius 1 is 1.07 bits per heavy atom. The van der Waals surface area contributed by atoms with Gasteiger partial charge in [-0.05, 0) is 30.8 Å². The minimum atomic E-state index is -0.0618. The predicted octanol–water partition coefficient (Wildman–Crippen LogP) is 1.94. The van der Waals surface area contributed by atoms with Crippen LogP contribution in [0.1, 0.15) is 19.4 Å². The molecule has 0 saturated carbocycles. The first kappa shape index (κ1) is 10.9. The summed E-state index contributed by atoms with van der Waals surface area (Å²) in [6, 6.07) is 4.95. The fourth-order valence-electron chi connectivity index (χ4n) is 1.37. The molecule has 1 rings (SSSR count). The number of phenolic OH excluding ortho intramolecular Hbond substituents is 2. The topological polar surface area (TPSA) is 43.7 Å². The molecule has 0 fully saturated rings. The van der Waals surface area contributed by atoms with Gasteiger partial charge < -0.3 is 10.2 Å². The summed E-state index contributed by atoms with van der Waals surface area (Å²) in [5, 5.41) is 18.4. The Morgan fingerprint density at radius 3 is 2.21 bits per heavy atom. The molecule has 0 heterocycles. The molecular formula is C11H17NO2. The summed E-state index contributed by atoms with van der Waals surface area (Å²) in [5.74, 6) is -0.108. The highest BCUT2D eigenvalue weighted by atomic mass is 16.3. The summed E-state index contributed by atoms with van der Waals surface area (Å²) in [4.78, 5) is 2.24. The van der Waals surface area contributed by atoms with Crippen molar-refractivity contribution in [3.8, 4) is 11.5 Å². The lowest BCUT2D eigenvalue weighted by Gasteiger charge is -2.18. The van der Waals surface area contributed by atoms with Crippen molar-refractivity contribution in [2.75, 3.05) is 13.1 Å². The lowest BCUT2D eigenvalue weighted by Crippen LogP contribution is -2.21. The van der Waals surface area contributed by atoms with Crippen LogP contribution >= 0.6 is 0 Å². The van der Waals surface area contributed by atoms with Gasteiger partial charge in [0.15, 0.2) is 11.5 Å². The average Bonchev–Trinajstić information content (AvgIpc) is 2.19. The van der Waals surface area contributed by atoms with Gasteiger partial charge in [-0.3, -0.25) is 4.90 Å². The quantitative estimate of drug-likeness (QED) is 0.721. The van der Waals surface area contributed by atoms with E-state index in [0.29, 0.717) is 0 Å². The van der Waals surface area contributed by atoms with Crippen molar-refractivity contribution in [1.82, 2.24) is 4.90 Å². The molecule has 3 nitrogen and oxygen atoms in total. The number of rotatable bonds is 4. The zero-order valence-corrected chi connectivity index (χ0v) is 8.70. The van der Waals surface area contributed by atoms with Gasteiger partial charge in [-0.15, -0.1) is 0 Å². The molecule has 3 heteroatoms. The van der Waals surface area contributed by atoms with Crippen LogP contribution in [-0.4, -0.2) is 28.2 Å². The van der Waals surface area contributed by atoms with E-state index in [-0.39, 0.29) is 11.5 Å². The molecule has 14 heavy (non-hydrogen) atoms. The molecule has 0 atom stereocenters. The standard InChI is InChI=1S/C11H17NO2/c1-3-12(4-2)8-9-5-6-10(13)11(14)7-9/h5-7,13-14H,3-4,8H2,1-2H3. The van der Waals surface area contributed by atoms with Crippen molar-refractivity contribution >= 4 is 0 Å². The van der Waals surface area contributed by atoms with Crippen LogP contribution in [0.4, 0.5) is 0 Å². The molecule has 78 valence electrons. The zero-order valence-electron chi connectivity index (χ0n) is 8.70. The van der Waals surface area contributed by atoms with Crippen LogP contribution in [0.5, 0.6) is 11.5 Å². The van der Waals surface area contributed by atoms with Gasteiger partial charge in [0.05, 0.1) is 0 Å². The van der Waals surface area contributed by atoms with Crippen LogP contribution < -0.4 is 0 Å². The maximum Gasteiger partial charge on any atom is 0.157 e. The Balaban J connectivity index is 2.72. The first-order chi connectivity index (χ1) is 6.67. The monoisotopic (exact) mass is 195 g/mol. The number of nitrogens with zero attached hydrogens (tertiary/aromatic N) is 1. The van der Waals surface area contributed by atoms with E-state index in [1.54, 1.807) is 6.07 Å². The van der Waals surface area contributed by atoms with Gasteiger partial charge in [-0.25, -0.2) is 0 Å². The summed E-state index contributed by atoms with van der Waals surface area (Å²) < 4.78 is 0. The first-order valence-corrected chi connectivity index (χ1v) is 4.90. The Kier molecular flexibility index (Phi) is 3.77. The largest absolute Gasteiger partial charge is 0.504 e. The molecule has 0 aliphatic rings. The number of phenols is 2. The van der Waals surface area contributed by atoms with Gasteiger partial charge >= 0.3 is 0 Å². The Labute approximate surface area is 84.6 Å². The third-order valence-corrected chi connectivity index (χ3v) is 2.34. The molecule has 0 amide bonds. The van der Waals surface area contributed by atoms with Crippen molar-refractivity contribution in [3.05, 3.63) is 23.8 Å². The third-order valence-electron chi connectivity index (χ3n) is 2.34. The van der Waals surface area contributed by atoms with Crippen LogP contribution in [0.2, 0.25) is 0 Å². The van der Waals surface area contributed by atoms with Crippen LogP contribution in [-0.2, 0) is 6.54 Å². The second-order valence-electron chi connectivity index (χ2n) is 3.28. The van der Waals surface area contributed by atoms with Gasteiger partial charge in [0, 0.05) is 6.54 Å². The molecule has 0 aliphatic heterocycles. The first-order valence-electron chi connectivity index (χ1n) is 4.90. The third kappa shape index (κ3) is 2.64. The zero-order chi connectivity index (χ0) is 10.6. The van der Waals surface area contributed by atoms with E-state index in [2.05, 4.69) is 18.7 Å². The van der Waals surface area contributed by atoms with Crippen molar-refractivity contribution in [3.63, 3.8) is 0 Å². The summed E-state index contributed by atoms with van der Waals surface area (Å²) >= 11 is 0. The van der Waals surface area contributed by atoms with Crippen LogP contribution in [0.25, 0.3) is 0 Å². The molecule has 0 aromatic heterocycles. The van der Waals surface area contributed by atoms with Gasteiger partial charge in [0.25, 0.3) is 0 Å². The normalized spacial score (nSPS) is 10.8. The molecule has 1 aromatic carbocycles. The van der Waals surface area contributed by atoms with Crippen molar-refractivity contribution in [2.45, 2.75) is 20.4 Å². The SMILES string of the molecule is CCN(CC)Cc1ccc(O)c(O)c1. The lowest BCUT2D eigenvalue weighted by atomic mass is 10.2. The van der Waals surface area contributed by atoms with E-state index >= 15 is 0 Å². The van der Waals surface area contributed by atoms with Crippen molar-refractivity contribution in [1.29, 1.82) is 0 Å². The van der Waals surface area contributed by atoms with Crippen LogP contribution in [0, 0.1) is 0 Å². The predicted molar refractivity (Wildman–Crippen MR) is 56.4 cm³/mol. The maximum atomic E-state index is 9.29. The highest BCUT2D eigenvalue weighted by Crippen LogP contribution is 2.25. The van der Waals surface area contributed by atoms with Crippen LogP contribution in [0.15, 0.2) is 18.2 Å². The summed E-state index contributed by atoms with van der Waals surface area (Å²) in [7, 11) is 0. The molecule has 0 unspecified atom stereocenters. The molecule has 0 aliphatic carbocycles. The van der Waals surface area contributed by atoms with E-state index in [9.17, 15) is 5.11 Å². The maximum absolute atomic E-state index is 9.29. The van der Waals surface area contributed by atoms with Gasteiger partial charge in [-0.1, -0.05) is 19.9 Å². The summed E-state index contributed by atoms with van der Waals surface area (Å²) in [6.07, 6.45) is 0. The second-order valence-corrected chi connectivity index (χ2v) is 3.28.